The van der Waals surface area contributed by atoms with Crippen LogP contribution in [0.2, 0.25) is 0 Å². The standard InChI is InChI=1S/C14H21NOS/c1-4-5-11(3)16-9-13-7-6-12(14(15)17)8-10(13)2/h6-8,11H,4-5,9H2,1-3H3,(H2,15,17). The SMILES string of the molecule is CCCC(C)OCc1ccc(C(N)=S)cc1C. The average molecular weight is 251 g/mol. The number of aryl methyl sites for hydroxylation is 1. The van der Waals surface area contributed by atoms with Gasteiger partial charge in [-0.1, -0.05) is 37.7 Å². The molecule has 0 bridgehead atoms. The Morgan fingerprint density at radius 2 is 2.18 bits per heavy atom. The molecule has 17 heavy (non-hydrogen) atoms. The zero-order valence-electron chi connectivity index (χ0n) is 10.8. The lowest BCUT2D eigenvalue weighted by molar-refractivity contribution is 0.0469. The molecule has 2 N–H and O–H groups in total. The number of thiocarbonyl (C=S) groups is 1. The van der Waals surface area contributed by atoms with Gasteiger partial charge in [0.25, 0.3) is 0 Å². The molecule has 2 nitrogen and oxygen atoms in total. The van der Waals surface area contributed by atoms with Crippen LogP contribution in [0.25, 0.3) is 0 Å². The number of hydrogen-bond donors (Lipinski definition) is 1. The van der Waals surface area contributed by atoms with Gasteiger partial charge in [-0.3, -0.25) is 0 Å². The van der Waals surface area contributed by atoms with E-state index in [-0.39, 0.29) is 0 Å². The van der Waals surface area contributed by atoms with Gasteiger partial charge in [-0.2, -0.15) is 0 Å². The quantitative estimate of drug-likeness (QED) is 0.788. The van der Waals surface area contributed by atoms with E-state index in [2.05, 4.69) is 20.8 Å². The van der Waals surface area contributed by atoms with E-state index in [1.165, 1.54) is 11.1 Å². The van der Waals surface area contributed by atoms with Crippen molar-refractivity contribution in [2.75, 3.05) is 0 Å². The Bertz CT molecular complexity index is 390. The normalized spacial score (nSPS) is 12.4. The summed E-state index contributed by atoms with van der Waals surface area (Å²) in [5, 5.41) is 0. The Morgan fingerprint density at radius 3 is 2.71 bits per heavy atom. The van der Waals surface area contributed by atoms with E-state index >= 15 is 0 Å². The summed E-state index contributed by atoms with van der Waals surface area (Å²) >= 11 is 4.95. The van der Waals surface area contributed by atoms with Crippen LogP contribution in [-0.4, -0.2) is 11.1 Å². The first-order valence-corrected chi connectivity index (χ1v) is 6.46. The Kier molecular flexibility index (Phi) is 5.59. The van der Waals surface area contributed by atoms with Crippen molar-refractivity contribution < 1.29 is 4.74 Å². The van der Waals surface area contributed by atoms with Crippen molar-refractivity contribution in [3.8, 4) is 0 Å². The molecule has 0 aliphatic carbocycles. The van der Waals surface area contributed by atoms with Gasteiger partial charge >= 0.3 is 0 Å². The van der Waals surface area contributed by atoms with Crippen LogP contribution < -0.4 is 5.73 Å². The molecular weight excluding hydrogens is 230 g/mol. The highest BCUT2D eigenvalue weighted by Crippen LogP contribution is 2.14. The first kappa shape index (κ1) is 14.1. The minimum absolute atomic E-state index is 0.315. The second-order valence-corrected chi connectivity index (χ2v) is 4.86. The fraction of sp³-hybridized carbons (Fsp3) is 0.500. The molecule has 0 heterocycles. The van der Waals surface area contributed by atoms with Crippen LogP contribution >= 0.6 is 12.2 Å². The van der Waals surface area contributed by atoms with Crippen LogP contribution in [0.4, 0.5) is 0 Å². The third-order valence-electron chi connectivity index (χ3n) is 2.85. The van der Waals surface area contributed by atoms with Crippen LogP contribution in [0.15, 0.2) is 18.2 Å². The summed E-state index contributed by atoms with van der Waals surface area (Å²) in [6.45, 7) is 7.00. The number of nitrogens with two attached hydrogens (primary N) is 1. The Labute approximate surface area is 109 Å². The van der Waals surface area contributed by atoms with Gasteiger partial charge < -0.3 is 10.5 Å². The second-order valence-electron chi connectivity index (χ2n) is 4.42. The third kappa shape index (κ3) is 4.44. The van der Waals surface area contributed by atoms with E-state index in [1.54, 1.807) is 0 Å². The fourth-order valence-corrected chi connectivity index (χ4v) is 1.86. The van der Waals surface area contributed by atoms with E-state index in [9.17, 15) is 0 Å². The minimum Gasteiger partial charge on any atom is -0.389 e. The zero-order valence-corrected chi connectivity index (χ0v) is 11.6. The first-order valence-electron chi connectivity index (χ1n) is 6.05. The van der Waals surface area contributed by atoms with Crippen molar-refractivity contribution in [3.05, 3.63) is 34.9 Å². The fourth-order valence-electron chi connectivity index (χ4n) is 1.73. The topological polar surface area (TPSA) is 35.2 Å². The third-order valence-corrected chi connectivity index (χ3v) is 3.08. The molecule has 0 radical (unpaired) electrons. The molecule has 0 fully saturated rings. The molecule has 0 spiro atoms. The summed E-state index contributed by atoms with van der Waals surface area (Å²) in [5.41, 5.74) is 8.90. The molecular formula is C14H21NOS. The second kappa shape index (κ2) is 6.72. The van der Waals surface area contributed by atoms with Gasteiger partial charge in [-0.25, -0.2) is 0 Å². The monoisotopic (exact) mass is 251 g/mol. The van der Waals surface area contributed by atoms with Crippen molar-refractivity contribution in [1.82, 2.24) is 0 Å². The van der Waals surface area contributed by atoms with Crippen molar-refractivity contribution in [3.63, 3.8) is 0 Å². The molecule has 3 heteroatoms. The molecule has 0 aliphatic heterocycles. The van der Waals surface area contributed by atoms with Crippen LogP contribution in [0.1, 0.15) is 43.4 Å². The molecule has 94 valence electrons. The zero-order chi connectivity index (χ0) is 12.8. The summed E-state index contributed by atoms with van der Waals surface area (Å²) in [6.07, 6.45) is 2.57. The smallest absolute Gasteiger partial charge is 0.103 e. The van der Waals surface area contributed by atoms with E-state index in [1.807, 2.05) is 18.2 Å². The van der Waals surface area contributed by atoms with Crippen molar-refractivity contribution in [2.24, 2.45) is 5.73 Å². The molecule has 0 saturated carbocycles. The average Bonchev–Trinajstić information content (AvgIpc) is 2.27. The Balaban J connectivity index is 2.63. The molecule has 0 aliphatic rings. The van der Waals surface area contributed by atoms with E-state index in [0.29, 0.717) is 17.7 Å². The van der Waals surface area contributed by atoms with Crippen LogP contribution in [-0.2, 0) is 11.3 Å². The largest absolute Gasteiger partial charge is 0.389 e. The highest BCUT2D eigenvalue weighted by Gasteiger charge is 2.05. The Hall–Kier alpha value is -0.930. The summed E-state index contributed by atoms with van der Waals surface area (Å²) in [7, 11) is 0. The number of rotatable bonds is 6. The Morgan fingerprint density at radius 1 is 1.47 bits per heavy atom. The number of hydrogen-bond acceptors (Lipinski definition) is 2. The van der Waals surface area contributed by atoms with E-state index < -0.39 is 0 Å². The predicted octanol–water partition coefficient (Wildman–Crippen LogP) is 3.33. The molecule has 0 saturated heterocycles. The molecule has 1 aromatic rings. The lowest BCUT2D eigenvalue weighted by atomic mass is 10.1. The van der Waals surface area contributed by atoms with Gasteiger partial charge in [0.05, 0.1) is 12.7 Å². The number of ether oxygens (including phenoxy) is 1. The highest BCUT2D eigenvalue weighted by molar-refractivity contribution is 7.80. The summed E-state index contributed by atoms with van der Waals surface area (Å²) in [6, 6.07) is 6.02. The maximum atomic E-state index is 5.79. The molecule has 1 aromatic carbocycles. The molecule has 1 rings (SSSR count). The van der Waals surface area contributed by atoms with E-state index in [4.69, 9.17) is 22.7 Å². The summed E-state index contributed by atoms with van der Waals surface area (Å²) in [5.74, 6) is 0. The van der Waals surface area contributed by atoms with Gasteiger partial charge in [-0.15, -0.1) is 0 Å². The van der Waals surface area contributed by atoms with Crippen molar-refractivity contribution in [2.45, 2.75) is 46.3 Å². The minimum atomic E-state index is 0.315. The van der Waals surface area contributed by atoms with Gasteiger partial charge in [-0.05, 0) is 37.5 Å². The number of benzene rings is 1. The lowest BCUT2D eigenvalue weighted by Gasteiger charge is -2.14. The molecule has 0 amide bonds. The molecule has 0 aromatic heterocycles. The van der Waals surface area contributed by atoms with Gasteiger partial charge in [0.15, 0.2) is 0 Å². The van der Waals surface area contributed by atoms with Crippen molar-refractivity contribution in [1.29, 1.82) is 0 Å². The first-order chi connectivity index (χ1) is 8.04. The van der Waals surface area contributed by atoms with Gasteiger partial charge in [0.2, 0.25) is 0 Å². The maximum Gasteiger partial charge on any atom is 0.103 e. The van der Waals surface area contributed by atoms with Crippen molar-refractivity contribution >= 4 is 17.2 Å². The summed E-state index contributed by atoms with van der Waals surface area (Å²) in [4.78, 5) is 0.444. The highest BCUT2D eigenvalue weighted by atomic mass is 32.1. The molecule has 1 atom stereocenters. The maximum absolute atomic E-state index is 5.79. The molecule has 1 unspecified atom stereocenters. The van der Waals surface area contributed by atoms with Crippen LogP contribution in [0.5, 0.6) is 0 Å². The predicted molar refractivity (Wildman–Crippen MR) is 76.2 cm³/mol. The lowest BCUT2D eigenvalue weighted by Crippen LogP contribution is -2.11. The van der Waals surface area contributed by atoms with E-state index in [0.717, 1.165) is 18.4 Å². The van der Waals surface area contributed by atoms with Gasteiger partial charge in [0.1, 0.15) is 4.99 Å². The van der Waals surface area contributed by atoms with Gasteiger partial charge in [0, 0.05) is 5.56 Å². The van der Waals surface area contributed by atoms with Crippen LogP contribution in [0.3, 0.4) is 0 Å². The summed E-state index contributed by atoms with van der Waals surface area (Å²) < 4.78 is 5.79. The van der Waals surface area contributed by atoms with Crippen LogP contribution in [0, 0.1) is 6.92 Å².